The molecule has 1 aliphatic carbocycles. The van der Waals surface area contributed by atoms with E-state index >= 15 is 0 Å². The Labute approximate surface area is 178 Å². The molecule has 10 heteroatoms. The molecule has 5 N–H and O–H groups in total. The van der Waals surface area contributed by atoms with Crippen LogP contribution in [0.4, 0.5) is 5.69 Å². The predicted octanol–water partition coefficient (Wildman–Crippen LogP) is 1.25. The lowest BCUT2D eigenvalue weighted by atomic mass is 10.1. The van der Waals surface area contributed by atoms with Crippen LogP contribution in [0.5, 0.6) is 0 Å². The van der Waals surface area contributed by atoms with Gasteiger partial charge in [0.15, 0.2) is 0 Å². The standard InChI is InChI=1S/C19H23Cl2N5O3/c20-19(21)8-11(19)9-25-18(29)14-6-3-7-26(14)15(27)10-24-13-5-2-1-4-12(13)16(22)17(23)28/h1-2,4-5,11,14,22,24H,3,6-10H2,(H2,23,28)(H,25,29)/t11-,14+/m1/s1. The van der Waals surface area contributed by atoms with E-state index in [1.54, 1.807) is 29.2 Å². The molecule has 0 spiro atoms. The second-order valence-electron chi connectivity index (χ2n) is 7.29. The summed E-state index contributed by atoms with van der Waals surface area (Å²) in [6.45, 7) is 0.822. The zero-order valence-electron chi connectivity index (χ0n) is 15.7. The molecule has 3 amide bonds. The fraction of sp³-hybridized carbons (Fsp3) is 0.474. The van der Waals surface area contributed by atoms with Crippen LogP contribution in [0, 0.1) is 11.3 Å². The molecule has 0 unspecified atom stereocenters. The van der Waals surface area contributed by atoms with Crippen molar-refractivity contribution in [2.24, 2.45) is 11.7 Å². The first-order valence-electron chi connectivity index (χ1n) is 9.37. The molecular formula is C19H23Cl2N5O3. The molecule has 2 atom stereocenters. The van der Waals surface area contributed by atoms with Crippen molar-refractivity contribution in [3.05, 3.63) is 29.8 Å². The van der Waals surface area contributed by atoms with Crippen LogP contribution in [0.1, 0.15) is 24.8 Å². The molecule has 29 heavy (non-hydrogen) atoms. The first-order valence-corrected chi connectivity index (χ1v) is 10.1. The summed E-state index contributed by atoms with van der Waals surface area (Å²) in [5.41, 5.74) is 5.62. The summed E-state index contributed by atoms with van der Waals surface area (Å²) in [5.74, 6) is -1.25. The second kappa shape index (κ2) is 8.59. The summed E-state index contributed by atoms with van der Waals surface area (Å²) in [5, 5.41) is 13.6. The summed E-state index contributed by atoms with van der Waals surface area (Å²) in [4.78, 5) is 38.1. The van der Waals surface area contributed by atoms with E-state index in [-0.39, 0.29) is 30.0 Å². The molecule has 1 aromatic rings. The van der Waals surface area contributed by atoms with Crippen molar-refractivity contribution in [2.75, 3.05) is 25.0 Å². The van der Waals surface area contributed by atoms with E-state index < -0.39 is 16.3 Å². The number of hydrogen-bond donors (Lipinski definition) is 4. The van der Waals surface area contributed by atoms with Crippen molar-refractivity contribution in [1.29, 1.82) is 5.41 Å². The average Bonchev–Trinajstić information content (AvgIpc) is 3.07. The molecule has 0 aromatic heterocycles. The van der Waals surface area contributed by atoms with Gasteiger partial charge in [-0.2, -0.15) is 0 Å². The monoisotopic (exact) mass is 439 g/mol. The highest BCUT2D eigenvalue weighted by molar-refractivity contribution is 6.50. The number of amides is 3. The summed E-state index contributed by atoms with van der Waals surface area (Å²) >= 11 is 12.0. The van der Waals surface area contributed by atoms with Crippen LogP contribution in [-0.2, 0) is 14.4 Å². The van der Waals surface area contributed by atoms with Gasteiger partial charge < -0.3 is 21.3 Å². The highest BCUT2D eigenvalue weighted by Crippen LogP contribution is 2.52. The summed E-state index contributed by atoms with van der Waals surface area (Å²) < 4.78 is -0.756. The third-order valence-corrected chi connectivity index (χ3v) is 6.15. The van der Waals surface area contributed by atoms with Crippen molar-refractivity contribution in [3.63, 3.8) is 0 Å². The van der Waals surface area contributed by atoms with E-state index in [0.29, 0.717) is 37.2 Å². The van der Waals surface area contributed by atoms with Crippen LogP contribution in [-0.4, -0.2) is 58.3 Å². The maximum atomic E-state index is 12.7. The van der Waals surface area contributed by atoms with Gasteiger partial charge in [0.1, 0.15) is 16.1 Å². The van der Waals surface area contributed by atoms with Crippen molar-refractivity contribution in [3.8, 4) is 0 Å². The van der Waals surface area contributed by atoms with Gasteiger partial charge in [0, 0.05) is 30.3 Å². The third-order valence-electron chi connectivity index (χ3n) is 5.23. The minimum atomic E-state index is -0.851. The number of nitrogens with two attached hydrogens (primary N) is 1. The third kappa shape index (κ3) is 5.00. The van der Waals surface area contributed by atoms with Gasteiger partial charge in [-0.3, -0.25) is 19.8 Å². The molecule has 0 bridgehead atoms. The van der Waals surface area contributed by atoms with Crippen LogP contribution in [0.2, 0.25) is 0 Å². The van der Waals surface area contributed by atoms with Crippen LogP contribution in [0.25, 0.3) is 0 Å². The molecule has 3 rings (SSSR count). The lowest BCUT2D eigenvalue weighted by Crippen LogP contribution is -2.48. The molecule has 2 fully saturated rings. The number of hydrogen-bond acceptors (Lipinski definition) is 5. The van der Waals surface area contributed by atoms with Crippen molar-refractivity contribution in [2.45, 2.75) is 29.6 Å². The number of primary amides is 1. The van der Waals surface area contributed by atoms with E-state index in [4.69, 9.17) is 34.3 Å². The van der Waals surface area contributed by atoms with E-state index in [2.05, 4.69) is 10.6 Å². The number of anilines is 1. The van der Waals surface area contributed by atoms with E-state index in [0.717, 1.165) is 6.42 Å². The van der Waals surface area contributed by atoms with Gasteiger partial charge in [-0.1, -0.05) is 18.2 Å². The number of nitrogens with zero attached hydrogens (tertiary/aromatic N) is 1. The van der Waals surface area contributed by atoms with Crippen LogP contribution >= 0.6 is 23.2 Å². The van der Waals surface area contributed by atoms with Gasteiger partial charge in [0.25, 0.3) is 5.91 Å². The number of para-hydroxylation sites is 1. The Hall–Kier alpha value is -2.32. The van der Waals surface area contributed by atoms with Gasteiger partial charge in [-0.05, 0) is 25.3 Å². The summed E-state index contributed by atoms with van der Waals surface area (Å²) in [6.07, 6.45) is 1.98. The number of carbonyl (C=O) groups is 3. The van der Waals surface area contributed by atoms with Gasteiger partial charge in [-0.25, -0.2) is 0 Å². The summed E-state index contributed by atoms with van der Waals surface area (Å²) in [6, 6.07) is 6.12. The Kier molecular flexibility index (Phi) is 6.33. The molecule has 1 aliphatic heterocycles. The zero-order chi connectivity index (χ0) is 21.2. The number of nitrogens with one attached hydrogen (secondary N) is 3. The lowest BCUT2D eigenvalue weighted by molar-refractivity contribution is -0.137. The number of alkyl halides is 2. The topological polar surface area (TPSA) is 128 Å². The Balaban J connectivity index is 1.57. The molecule has 156 valence electrons. The number of rotatable bonds is 8. The van der Waals surface area contributed by atoms with Crippen LogP contribution < -0.4 is 16.4 Å². The molecule has 0 radical (unpaired) electrons. The molecular weight excluding hydrogens is 417 g/mol. The van der Waals surface area contributed by atoms with Crippen molar-refractivity contribution < 1.29 is 14.4 Å². The Morgan fingerprint density at radius 1 is 1.28 bits per heavy atom. The number of halogens is 2. The highest BCUT2D eigenvalue weighted by Gasteiger charge is 2.51. The molecule has 1 saturated heterocycles. The SMILES string of the molecule is N=C(C(N)=O)c1ccccc1NCC(=O)N1CCC[C@H]1C(=O)NC[C@H]1CC1(Cl)Cl. The first-order chi connectivity index (χ1) is 13.7. The smallest absolute Gasteiger partial charge is 0.267 e. The Morgan fingerprint density at radius 3 is 2.62 bits per heavy atom. The van der Waals surface area contributed by atoms with Crippen LogP contribution in [0.3, 0.4) is 0 Å². The molecule has 1 aromatic carbocycles. The normalized spacial score (nSPS) is 22.1. The largest absolute Gasteiger partial charge is 0.376 e. The molecule has 1 saturated carbocycles. The van der Waals surface area contributed by atoms with Gasteiger partial charge in [0.2, 0.25) is 11.8 Å². The highest BCUT2D eigenvalue weighted by atomic mass is 35.5. The van der Waals surface area contributed by atoms with E-state index in [1.165, 1.54) is 0 Å². The predicted molar refractivity (Wildman–Crippen MR) is 111 cm³/mol. The molecule has 1 heterocycles. The van der Waals surface area contributed by atoms with Gasteiger partial charge >= 0.3 is 0 Å². The maximum Gasteiger partial charge on any atom is 0.267 e. The first kappa shape index (κ1) is 21.4. The fourth-order valence-electron chi connectivity index (χ4n) is 3.43. The van der Waals surface area contributed by atoms with Gasteiger partial charge in [0.05, 0.1) is 6.54 Å². The zero-order valence-corrected chi connectivity index (χ0v) is 17.2. The molecule has 8 nitrogen and oxygen atoms in total. The number of benzene rings is 1. The maximum absolute atomic E-state index is 12.7. The van der Waals surface area contributed by atoms with Crippen LogP contribution in [0.15, 0.2) is 24.3 Å². The van der Waals surface area contributed by atoms with E-state index in [9.17, 15) is 14.4 Å². The Morgan fingerprint density at radius 2 is 1.97 bits per heavy atom. The molecule has 2 aliphatic rings. The van der Waals surface area contributed by atoms with Gasteiger partial charge in [-0.15, -0.1) is 23.2 Å². The average molecular weight is 440 g/mol. The lowest BCUT2D eigenvalue weighted by Gasteiger charge is -2.24. The number of carbonyl (C=O) groups excluding carboxylic acids is 3. The Bertz CT molecular complexity index is 845. The minimum Gasteiger partial charge on any atom is -0.376 e. The van der Waals surface area contributed by atoms with Crippen molar-refractivity contribution in [1.82, 2.24) is 10.2 Å². The fourth-order valence-corrected chi connectivity index (χ4v) is 3.96. The second-order valence-corrected chi connectivity index (χ2v) is 8.83. The quantitative estimate of drug-likeness (QED) is 0.358. The summed E-state index contributed by atoms with van der Waals surface area (Å²) in [7, 11) is 0. The number of likely N-dealkylation sites (tertiary alicyclic amines) is 1. The van der Waals surface area contributed by atoms with E-state index in [1.807, 2.05) is 0 Å². The minimum absolute atomic E-state index is 0.0408. The van der Waals surface area contributed by atoms with Crippen molar-refractivity contribution >= 4 is 52.3 Å².